The Hall–Kier alpha value is -2.01. The van der Waals surface area contributed by atoms with Crippen LogP contribution in [0.5, 0.6) is 11.5 Å². The third-order valence-electron chi connectivity index (χ3n) is 2.93. The number of alkyl halides is 2. The van der Waals surface area contributed by atoms with Crippen LogP contribution in [-0.2, 0) is 6.54 Å². The number of ether oxygens (including phenoxy) is 1. The molecule has 2 aromatic carbocycles. The lowest BCUT2D eigenvalue weighted by Crippen LogP contribution is -2.07. The molecule has 0 aliphatic rings. The highest BCUT2D eigenvalue weighted by atomic mass is 35.5. The van der Waals surface area contributed by atoms with Crippen LogP contribution in [0.1, 0.15) is 11.1 Å². The molecule has 0 unspecified atom stereocenters. The number of hydrogen-bond acceptors (Lipinski definition) is 3. The average molecular weight is 314 g/mol. The second-order valence-electron chi connectivity index (χ2n) is 4.49. The van der Waals surface area contributed by atoms with Crippen molar-refractivity contribution in [2.45, 2.75) is 20.1 Å². The SMILES string of the molecule is Cc1ccc(NCc2cc(Cl)ccc2OC(F)F)cc1O. The first kappa shape index (κ1) is 15.4. The fraction of sp³-hybridized carbons (Fsp3) is 0.200. The molecule has 3 nitrogen and oxygen atoms in total. The molecule has 0 atom stereocenters. The standard InChI is InChI=1S/C15H14ClF2NO2/c1-9-2-4-12(7-13(9)20)19-8-10-6-11(16)3-5-14(10)21-15(17)18/h2-7,15,19-20H,8H2,1H3. The van der Waals surface area contributed by atoms with Crippen molar-refractivity contribution in [2.75, 3.05) is 5.32 Å². The maximum Gasteiger partial charge on any atom is 0.387 e. The summed E-state index contributed by atoms with van der Waals surface area (Å²) in [6, 6.07) is 9.55. The molecule has 0 aliphatic heterocycles. The minimum atomic E-state index is -2.90. The van der Waals surface area contributed by atoms with Crippen LogP contribution in [0.3, 0.4) is 0 Å². The molecule has 0 saturated carbocycles. The molecule has 0 aliphatic carbocycles. The predicted octanol–water partition coefficient (Wildman–Crippen LogP) is 4.57. The van der Waals surface area contributed by atoms with Crippen LogP contribution in [0.4, 0.5) is 14.5 Å². The summed E-state index contributed by atoms with van der Waals surface area (Å²) in [5, 5.41) is 13.1. The fourth-order valence-corrected chi connectivity index (χ4v) is 2.01. The first-order valence-electron chi connectivity index (χ1n) is 6.22. The largest absolute Gasteiger partial charge is 0.508 e. The third-order valence-corrected chi connectivity index (χ3v) is 3.17. The Balaban J connectivity index is 2.14. The molecule has 6 heteroatoms. The molecule has 0 amide bonds. The molecule has 112 valence electrons. The number of hydrogen-bond donors (Lipinski definition) is 2. The molecule has 0 heterocycles. The summed E-state index contributed by atoms with van der Waals surface area (Å²) in [5.74, 6) is 0.230. The molecule has 2 rings (SSSR count). The van der Waals surface area contributed by atoms with Gasteiger partial charge in [0.1, 0.15) is 11.5 Å². The normalized spacial score (nSPS) is 10.7. The van der Waals surface area contributed by atoms with Gasteiger partial charge in [-0.1, -0.05) is 17.7 Å². The van der Waals surface area contributed by atoms with Gasteiger partial charge < -0.3 is 15.2 Å². The number of phenols is 1. The molecule has 21 heavy (non-hydrogen) atoms. The van der Waals surface area contributed by atoms with Crippen molar-refractivity contribution in [3.05, 3.63) is 52.5 Å². The van der Waals surface area contributed by atoms with E-state index < -0.39 is 6.61 Å². The van der Waals surface area contributed by atoms with Gasteiger partial charge in [0.25, 0.3) is 0 Å². The molecule has 0 saturated heterocycles. The Morgan fingerprint density at radius 2 is 2.00 bits per heavy atom. The van der Waals surface area contributed by atoms with Crippen LogP contribution in [0.2, 0.25) is 5.02 Å². The van der Waals surface area contributed by atoms with E-state index in [1.807, 2.05) is 0 Å². The summed E-state index contributed by atoms with van der Waals surface area (Å²) < 4.78 is 29.2. The molecule has 0 fully saturated rings. The summed E-state index contributed by atoms with van der Waals surface area (Å²) in [4.78, 5) is 0. The van der Waals surface area contributed by atoms with E-state index in [2.05, 4.69) is 10.1 Å². The molecular weight excluding hydrogens is 300 g/mol. The van der Waals surface area contributed by atoms with Crippen LogP contribution in [-0.4, -0.2) is 11.7 Å². The van der Waals surface area contributed by atoms with E-state index >= 15 is 0 Å². The maximum absolute atomic E-state index is 12.4. The first-order valence-corrected chi connectivity index (χ1v) is 6.60. The Bertz CT molecular complexity index is 635. The van der Waals surface area contributed by atoms with E-state index in [-0.39, 0.29) is 18.0 Å². The number of nitrogens with one attached hydrogen (secondary N) is 1. The minimum Gasteiger partial charge on any atom is -0.508 e. The van der Waals surface area contributed by atoms with Crippen molar-refractivity contribution < 1.29 is 18.6 Å². The van der Waals surface area contributed by atoms with Gasteiger partial charge in [0.05, 0.1) is 0 Å². The van der Waals surface area contributed by atoms with E-state index in [4.69, 9.17) is 11.6 Å². The first-order chi connectivity index (χ1) is 9.95. The molecule has 0 spiro atoms. The van der Waals surface area contributed by atoms with Gasteiger partial charge in [-0.25, -0.2) is 0 Å². The van der Waals surface area contributed by atoms with Crippen molar-refractivity contribution in [3.8, 4) is 11.5 Å². The number of anilines is 1. The van der Waals surface area contributed by atoms with Crippen LogP contribution < -0.4 is 10.1 Å². The molecule has 0 aromatic heterocycles. The second kappa shape index (κ2) is 6.63. The summed E-state index contributed by atoms with van der Waals surface area (Å²) in [6.45, 7) is -0.871. The molecule has 0 radical (unpaired) electrons. The summed E-state index contributed by atoms with van der Waals surface area (Å²) >= 11 is 5.87. The molecule has 2 aromatic rings. The van der Waals surface area contributed by atoms with Gasteiger partial charge in [-0.3, -0.25) is 0 Å². The van der Waals surface area contributed by atoms with Crippen LogP contribution in [0.15, 0.2) is 36.4 Å². The quantitative estimate of drug-likeness (QED) is 0.849. The number of phenolic OH excluding ortho intramolecular Hbond substituents is 1. The monoisotopic (exact) mass is 313 g/mol. The van der Waals surface area contributed by atoms with Crippen molar-refractivity contribution in [2.24, 2.45) is 0 Å². The van der Waals surface area contributed by atoms with Gasteiger partial charge in [0.2, 0.25) is 0 Å². The number of aryl methyl sites for hydroxylation is 1. The van der Waals surface area contributed by atoms with Gasteiger partial charge in [0, 0.05) is 28.9 Å². The van der Waals surface area contributed by atoms with Crippen molar-refractivity contribution in [1.82, 2.24) is 0 Å². The topological polar surface area (TPSA) is 41.5 Å². The number of halogens is 3. The van der Waals surface area contributed by atoms with Crippen LogP contribution in [0, 0.1) is 6.92 Å². The number of benzene rings is 2. The zero-order chi connectivity index (χ0) is 15.4. The van der Waals surface area contributed by atoms with Crippen LogP contribution in [0.25, 0.3) is 0 Å². The van der Waals surface area contributed by atoms with E-state index in [0.717, 1.165) is 5.56 Å². The Labute approximate surface area is 126 Å². The van der Waals surface area contributed by atoms with Crippen molar-refractivity contribution in [1.29, 1.82) is 0 Å². The Morgan fingerprint density at radius 1 is 1.24 bits per heavy atom. The van der Waals surface area contributed by atoms with Crippen LogP contribution >= 0.6 is 11.6 Å². The van der Waals surface area contributed by atoms with Gasteiger partial charge in [-0.05, 0) is 36.8 Å². The summed E-state index contributed by atoms with van der Waals surface area (Å²) in [7, 11) is 0. The lowest BCUT2D eigenvalue weighted by molar-refractivity contribution is -0.0504. The fourth-order valence-electron chi connectivity index (χ4n) is 1.81. The van der Waals surface area contributed by atoms with Crippen molar-refractivity contribution >= 4 is 17.3 Å². The van der Waals surface area contributed by atoms with Crippen molar-refractivity contribution in [3.63, 3.8) is 0 Å². The van der Waals surface area contributed by atoms with E-state index in [1.54, 1.807) is 31.2 Å². The lowest BCUT2D eigenvalue weighted by atomic mass is 10.1. The van der Waals surface area contributed by atoms with E-state index in [1.165, 1.54) is 12.1 Å². The predicted molar refractivity (Wildman–Crippen MR) is 78.3 cm³/mol. The Kier molecular flexibility index (Phi) is 4.85. The third kappa shape index (κ3) is 4.23. The maximum atomic E-state index is 12.4. The number of aromatic hydroxyl groups is 1. The zero-order valence-electron chi connectivity index (χ0n) is 11.2. The van der Waals surface area contributed by atoms with Gasteiger partial charge in [-0.2, -0.15) is 8.78 Å². The van der Waals surface area contributed by atoms with E-state index in [9.17, 15) is 13.9 Å². The molecular formula is C15H14ClF2NO2. The van der Waals surface area contributed by atoms with Gasteiger partial charge >= 0.3 is 6.61 Å². The second-order valence-corrected chi connectivity index (χ2v) is 4.92. The van der Waals surface area contributed by atoms with E-state index in [0.29, 0.717) is 16.3 Å². The summed E-state index contributed by atoms with van der Waals surface area (Å²) in [6.07, 6.45) is 0. The Morgan fingerprint density at radius 3 is 2.67 bits per heavy atom. The lowest BCUT2D eigenvalue weighted by Gasteiger charge is -2.13. The minimum absolute atomic E-state index is 0.0678. The smallest absolute Gasteiger partial charge is 0.387 e. The zero-order valence-corrected chi connectivity index (χ0v) is 12.0. The highest BCUT2D eigenvalue weighted by Gasteiger charge is 2.10. The average Bonchev–Trinajstić information content (AvgIpc) is 2.42. The number of rotatable bonds is 5. The molecule has 2 N–H and O–H groups in total. The highest BCUT2D eigenvalue weighted by Crippen LogP contribution is 2.26. The van der Waals surface area contributed by atoms with Gasteiger partial charge in [-0.15, -0.1) is 0 Å². The highest BCUT2D eigenvalue weighted by molar-refractivity contribution is 6.30. The molecule has 0 bridgehead atoms. The van der Waals surface area contributed by atoms with Gasteiger partial charge in [0.15, 0.2) is 0 Å². The summed E-state index contributed by atoms with van der Waals surface area (Å²) in [5.41, 5.74) is 1.92.